The number of H-pyrrole nitrogens is 1. The minimum atomic E-state index is -1.63. The van der Waals surface area contributed by atoms with Gasteiger partial charge in [0.25, 0.3) is 0 Å². The Bertz CT molecular complexity index is 842. The lowest BCUT2D eigenvalue weighted by Crippen LogP contribution is -2.54. The van der Waals surface area contributed by atoms with Gasteiger partial charge >= 0.3 is 5.97 Å². The van der Waals surface area contributed by atoms with Gasteiger partial charge in [0.2, 0.25) is 29.5 Å². The number of hydrogen-bond acceptors (Lipinski definition) is 8. The molecule has 0 spiro atoms. The number of rotatable bonds is 14. The highest BCUT2D eigenvalue weighted by Crippen LogP contribution is 2.01. The van der Waals surface area contributed by atoms with Gasteiger partial charge in [-0.3, -0.25) is 24.0 Å². The summed E-state index contributed by atoms with van der Waals surface area (Å²) in [4.78, 5) is 76.4. The van der Waals surface area contributed by atoms with Crippen molar-refractivity contribution in [2.45, 2.75) is 43.8 Å². The van der Waals surface area contributed by atoms with E-state index in [-0.39, 0.29) is 19.3 Å². The summed E-state index contributed by atoms with van der Waals surface area (Å²) < 4.78 is 0. The summed E-state index contributed by atoms with van der Waals surface area (Å²) in [6.45, 7) is -0.542. The van der Waals surface area contributed by atoms with E-state index in [4.69, 9.17) is 22.3 Å². The molecule has 15 heteroatoms. The molecule has 3 atom stereocenters. The maximum Gasteiger partial charge on any atom is 0.326 e. The second kappa shape index (κ2) is 12.6. The number of aromatic nitrogens is 2. The van der Waals surface area contributed by atoms with E-state index in [0.29, 0.717) is 5.69 Å². The molecule has 0 aliphatic carbocycles. The van der Waals surface area contributed by atoms with Crippen molar-refractivity contribution in [3.05, 3.63) is 18.2 Å². The van der Waals surface area contributed by atoms with E-state index in [2.05, 4.69) is 25.9 Å². The van der Waals surface area contributed by atoms with Crippen LogP contribution in [0.25, 0.3) is 0 Å². The van der Waals surface area contributed by atoms with Gasteiger partial charge in [-0.25, -0.2) is 9.78 Å². The van der Waals surface area contributed by atoms with E-state index in [0.717, 1.165) is 0 Å². The number of imidazole rings is 1. The fourth-order valence-electron chi connectivity index (χ4n) is 2.50. The average Bonchev–Trinajstić information content (AvgIpc) is 3.20. The second-order valence-corrected chi connectivity index (χ2v) is 6.80. The highest BCUT2D eigenvalue weighted by atomic mass is 16.4. The number of carbonyl (C=O) groups is 6. The van der Waals surface area contributed by atoms with Crippen molar-refractivity contribution in [3.63, 3.8) is 0 Å². The lowest BCUT2D eigenvalue weighted by molar-refractivity contribution is -0.143. The molecular formula is C17H26N8O7. The van der Waals surface area contributed by atoms with Crippen LogP contribution in [-0.4, -0.2) is 75.2 Å². The van der Waals surface area contributed by atoms with Crippen LogP contribution in [-0.2, 0) is 35.2 Å². The van der Waals surface area contributed by atoms with Crippen molar-refractivity contribution in [3.8, 4) is 0 Å². The molecule has 5 amide bonds. The molecule has 32 heavy (non-hydrogen) atoms. The quantitative estimate of drug-likeness (QED) is 0.135. The SMILES string of the molecule is NC(=O)CCC(NC(=O)CNC(=O)C(N)Cc1cnc[nH]1)C(=O)NC(CC(N)=O)C(=O)O. The Labute approximate surface area is 181 Å². The Balaban J connectivity index is 2.67. The van der Waals surface area contributed by atoms with Crippen molar-refractivity contribution in [2.24, 2.45) is 17.2 Å². The first-order chi connectivity index (χ1) is 15.0. The maximum atomic E-state index is 12.4. The van der Waals surface area contributed by atoms with E-state index in [1.165, 1.54) is 12.5 Å². The fourth-order valence-corrected chi connectivity index (χ4v) is 2.50. The molecule has 1 rings (SSSR count). The number of aliphatic carboxylic acids is 1. The molecule has 1 aromatic rings. The molecule has 0 radical (unpaired) electrons. The number of carboxylic acid groups (broad SMARTS) is 1. The van der Waals surface area contributed by atoms with Gasteiger partial charge in [-0.2, -0.15) is 0 Å². The van der Waals surface area contributed by atoms with Gasteiger partial charge in [0.15, 0.2) is 0 Å². The van der Waals surface area contributed by atoms with Crippen molar-refractivity contribution in [1.29, 1.82) is 0 Å². The normalized spacial score (nSPS) is 13.3. The standard InChI is InChI=1S/C17H26N8O7/c18-9(3-8-5-21-7-23-8)15(29)22-6-14(28)24-10(1-2-12(19)26)16(30)25-11(17(31)32)4-13(20)27/h5,7,9-11H,1-4,6,18H2,(H2,19,26)(H2,20,27)(H,21,23)(H,22,29)(H,24,28)(H,25,30)(H,31,32). The van der Waals surface area contributed by atoms with Crippen molar-refractivity contribution in [1.82, 2.24) is 25.9 Å². The van der Waals surface area contributed by atoms with E-state index >= 15 is 0 Å². The third-order valence-corrected chi connectivity index (χ3v) is 4.11. The molecule has 0 aliphatic rings. The predicted octanol–water partition coefficient (Wildman–Crippen LogP) is -4.41. The fraction of sp³-hybridized carbons (Fsp3) is 0.471. The molecule has 0 aromatic carbocycles. The minimum Gasteiger partial charge on any atom is -0.480 e. The van der Waals surface area contributed by atoms with Crippen LogP contribution in [0.1, 0.15) is 25.0 Å². The molecule has 11 N–H and O–H groups in total. The first-order valence-electron chi connectivity index (χ1n) is 9.39. The highest BCUT2D eigenvalue weighted by molar-refractivity contribution is 5.94. The Hall–Kier alpha value is -4.01. The molecule has 1 aromatic heterocycles. The molecule has 3 unspecified atom stereocenters. The van der Waals surface area contributed by atoms with Gasteiger partial charge in [-0.1, -0.05) is 0 Å². The predicted molar refractivity (Wildman–Crippen MR) is 107 cm³/mol. The molecular weight excluding hydrogens is 428 g/mol. The molecule has 0 fully saturated rings. The van der Waals surface area contributed by atoms with Gasteiger partial charge < -0.3 is 43.2 Å². The van der Waals surface area contributed by atoms with Gasteiger partial charge in [0.05, 0.1) is 25.3 Å². The molecule has 15 nitrogen and oxygen atoms in total. The van der Waals surface area contributed by atoms with Gasteiger partial charge in [-0.15, -0.1) is 0 Å². The number of amides is 5. The van der Waals surface area contributed by atoms with Crippen LogP contribution in [0.5, 0.6) is 0 Å². The summed E-state index contributed by atoms with van der Waals surface area (Å²) in [6, 6.07) is -3.96. The van der Waals surface area contributed by atoms with Gasteiger partial charge in [0.1, 0.15) is 12.1 Å². The number of nitrogens with zero attached hydrogens (tertiary/aromatic N) is 1. The second-order valence-electron chi connectivity index (χ2n) is 6.80. The first-order valence-corrected chi connectivity index (χ1v) is 9.39. The number of carboxylic acids is 1. The Morgan fingerprint density at radius 1 is 1.03 bits per heavy atom. The average molecular weight is 454 g/mol. The molecule has 0 saturated heterocycles. The molecule has 176 valence electrons. The number of aromatic amines is 1. The topological polar surface area (TPSA) is 265 Å². The van der Waals surface area contributed by atoms with Crippen LogP contribution in [0, 0.1) is 0 Å². The van der Waals surface area contributed by atoms with Gasteiger partial charge in [-0.05, 0) is 6.42 Å². The third kappa shape index (κ3) is 9.66. The van der Waals surface area contributed by atoms with E-state index in [1.807, 2.05) is 0 Å². The Kier molecular flexibility index (Phi) is 10.3. The lowest BCUT2D eigenvalue weighted by Gasteiger charge is -2.21. The zero-order valence-electron chi connectivity index (χ0n) is 17.0. The van der Waals surface area contributed by atoms with Crippen molar-refractivity contribution < 1.29 is 33.9 Å². The minimum absolute atomic E-state index is 0.146. The largest absolute Gasteiger partial charge is 0.480 e. The summed E-state index contributed by atoms with van der Waals surface area (Å²) in [6.07, 6.45) is 1.83. The molecule has 0 aliphatic heterocycles. The highest BCUT2D eigenvalue weighted by Gasteiger charge is 2.28. The monoisotopic (exact) mass is 454 g/mol. The van der Waals surface area contributed by atoms with Crippen LogP contribution < -0.4 is 33.2 Å². The Morgan fingerprint density at radius 3 is 2.25 bits per heavy atom. The zero-order valence-corrected chi connectivity index (χ0v) is 17.0. The maximum absolute atomic E-state index is 12.4. The van der Waals surface area contributed by atoms with Crippen LogP contribution in [0.2, 0.25) is 0 Å². The van der Waals surface area contributed by atoms with Crippen LogP contribution in [0.4, 0.5) is 0 Å². The molecule has 0 bridgehead atoms. The lowest BCUT2D eigenvalue weighted by atomic mass is 10.1. The third-order valence-electron chi connectivity index (χ3n) is 4.11. The van der Waals surface area contributed by atoms with Crippen molar-refractivity contribution in [2.75, 3.05) is 6.54 Å². The van der Waals surface area contributed by atoms with Crippen LogP contribution in [0.15, 0.2) is 12.5 Å². The van der Waals surface area contributed by atoms with Crippen LogP contribution >= 0.6 is 0 Å². The smallest absolute Gasteiger partial charge is 0.326 e. The Morgan fingerprint density at radius 2 is 1.72 bits per heavy atom. The van der Waals surface area contributed by atoms with Crippen LogP contribution in [0.3, 0.4) is 0 Å². The van der Waals surface area contributed by atoms with E-state index in [1.54, 1.807) is 0 Å². The summed E-state index contributed by atoms with van der Waals surface area (Å²) in [5.41, 5.74) is 16.4. The first kappa shape index (κ1) is 26.0. The van der Waals surface area contributed by atoms with Gasteiger partial charge in [0, 0.05) is 24.7 Å². The molecule has 0 saturated carbocycles. The number of nitrogens with two attached hydrogens (primary N) is 3. The summed E-state index contributed by atoms with van der Waals surface area (Å²) in [7, 11) is 0. The van der Waals surface area contributed by atoms with E-state index < -0.39 is 66.6 Å². The summed E-state index contributed by atoms with van der Waals surface area (Å²) in [5, 5.41) is 15.7. The molecule has 1 heterocycles. The van der Waals surface area contributed by atoms with E-state index in [9.17, 15) is 28.8 Å². The number of hydrogen-bond donors (Lipinski definition) is 8. The van der Waals surface area contributed by atoms with Crippen molar-refractivity contribution >= 4 is 35.5 Å². The summed E-state index contributed by atoms with van der Waals surface area (Å²) >= 11 is 0. The zero-order chi connectivity index (χ0) is 24.3. The number of primary amides is 2. The number of carbonyl (C=O) groups excluding carboxylic acids is 5. The summed E-state index contributed by atoms with van der Waals surface area (Å²) in [5.74, 6) is -5.67. The number of nitrogens with one attached hydrogen (secondary N) is 4.